The summed E-state index contributed by atoms with van der Waals surface area (Å²) in [6.45, 7) is 0. The summed E-state index contributed by atoms with van der Waals surface area (Å²) in [6.07, 6.45) is -4.53. The Morgan fingerprint density at radius 2 is 1.68 bits per heavy atom. The highest BCUT2D eigenvalue weighted by atomic mass is 19.4. The number of benzene rings is 2. The topological polar surface area (TPSA) is 61.8 Å². The zero-order chi connectivity index (χ0) is 18.6. The molecular formula is C17H13F3O5. The van der Waals surface area contributed by atoms with E-state index in [2.05, 4.69) is 4.74 Å². The van der Waals surface area contributed by atoms with Crippen LogP contribution in [-0.4, -0.2) is 32.7 Å². The van der Waals surface area contributed by atoms with E-state index < -0.39 is 17.9 Å². The second-order valence-corrected chi connectivity index (χ2v) is 4.81. The van der Waals surface area contributed by atoms with Crippen LogP contribution in [0.3, 0.4) is 0 Å². The fourth-order valence-corrected chi connectivity index (χ4v) is 2.16. The number of carbonyl (C=O) groups excluding carboxylic acids is 2. The second kappa shape index (κ2) is 7.25. The predicted octanol–water partition coefficient (Wildman–Crippen LogP) is 3.65. The molecule has 0 fully saturated rings. The van der Waals surface area contributed by atoms with Gasteiger partial charge in [-0.05, 0) is 36.4 Å². The molecule has 5 nitrogen and oxygen atoms in total. The van der Waals surface area contributed by atoms with E-state index in [0.717, 1.165) is 18.2 Å². The number of alkyl halides is 3. The van der Waals surface area contributed by atoms with Crippen LogP contribution in [0, 0.1) is 0 Å². The minimum Gasteiger partial charge on any atom is -0.493 e. The van der Waals surface area contributed by atoms with E-state index in [0.29, 0.717) is 12.0 Å². The van der Waals surface area contributed by atoms with Gasteiger partial charge in [0, 0.05) is 16.7 Å². The predicted molar refractivity (Wildman–Crippen MR) is 81.5 cm³/mol. The van der Waals surface area contributed by atoms with Gasteiger partial charge in [-0.25, -0.2) is 0 Å². The Kier molecular flexibility index (Phi) is 5.31. The summed E-state index contributed by atoms with van der Waals surface area (Å²) in [5, 5.41) is 0. The van der Waals surface area contributed by atoms with E-state index in [4.69, 9.17) is 9.47 Å². The molecule has 0 aromatic heterocycles. The number of halogens is 3. The molecule has 2 rings (SSSR count). The van der Waals surface area contributed by atoms with Gasteiger partial charge in [0.15, 0.2) is 23.6 Å². The highest BCUT2D eigenvalue weighted by molar-refractivity contribution is 6.13. The molecule has 0 aliphatic rings. The number of methoxy groups -OCH3 is 2. The van der Waals surface area contributed by atoms with E-state index in [1.807, 2.05) is 0 Å². The van der Waals surface area contributed by atoms with Gasteiger partial charge in [0.05, 0.1) is 14.2 Å². The minimum atomic E-state index is -4.91. The fourth-order valence-electron chi connectivity index (χ4n) is 2.16. The van der Waals surface area contributed by atoms with Crippen LogP contribution in [-0.2, 0) is 0 Å². The van der Waals surface area contributed by atoms with Crippen molar-refractivity contribution in [1.29, 1.82) is 0 Å². The van der Waals surface area contributed by atoms with Crippen LogP contribution in [0.1, 0.15) is 26.3 Å². The summed E-state index contributed by atoms with van der Waals surface area (Å²) in [4.78, 5) is 23.7. The molecule has 0 unspecified atom stereocenters. The first-order valence-corrected chi connectivity index (χ1v) is 6.90. The molecule has 0 aliphatic carbocycles. The zero-order valence-electron chi connectivity index (χ0n) is 13.2. The molecule has 25 heavy (non-hydrogen) atoms. The molecule has 0 heterocycles. The molecule has 0 amide bonds. The molecule has 8 heteroatoms. The van der Waals surface area contributed by atoms with Crippen molar-refractivity contribution in [3.05, 3.63) is 53.1 Å². The lowest BCUT2D eigenvalue weighted by Gasteiger charge is -2.12. The van der Waals surface area contributed by atoms with Crippen LogP contribution in [0.4, 0.5) is 13.2 Å². The van der Waals surface area contributed by atoms with Crippen molar-refractivity contribution in [1.82, 2.24) is 0 Å². The highest BCUT2D eigenvalue weighted by Gasteiger charge is 2.31. The molecule has 0 aliphatic heterocycles. The quantitative estimate of drug-likeness (QED) is 0.585. The first kappa shape index (κ1) is 18.3. The summed E-state index contributed by atoms with van der Waals surface area (Å²) in [5.41, 5.74) is -0.164. The summed E-state index contributed by atoms with van der Waals surface area (Å²) >= 11 is 0. The van der Waals surface area contributed by atoms with Crippen LogP contribution in [0.25, 0.3) is 0 Å². The normalized spacial score (nSPS) is 10.9. The number of ether oxygens (including phenoxy) is 3. The smallest absolute Gasteiger partial charge is 0.493 e. The fraction of sp³-hybridized carbons (Fsp3) is 0.176. The van der Waals surface area contributed by atoms with Crippen molar-refractivity contribution in [3.8, 4) is 17.2 Å². The summed E-state index contributed by atoms with van der Waals surface area (Å²) in [6, 6.07) is 7.17. The van der Waals surface area contributed by atoms with Crippen molar-refractivity contribution in [3.63, 3.8) is 0 Å². The number of hydrogen-bond acceptors (Lipinski definition) is 5. The Labute approximate surface area is 140 Å². The molecule has 132 valence electrons. The number of aldehydes is 1. The number of carbonyl (C=O) groups is 2. The van der Waals surface area contributed by atoms with E-state index in [1.165, 1.54) is 32.4 Å². The van der Waals surface area contributed by atoms with Crippen molar-refractivity contribution < 1.29 is 37.0 Å². The van der Waals surface area contributed by atoms with Gasteiger partial charge >= 0.3 is 6.36 Å². The van der Waals surface area contributed by atoms with Crippen molar-refractivity contribution in [2.24, 2.45) is 0 Å². The summed E-state index contributed by atoms with van der Waals surface area (Å²) in [5.74, 6) is -0.606. The van der Waals surface area contributed by atoms with E-state index in [9.17, 15) is 22.8 Å². The van der Waals surface area contributed by atoms with Crippen molar-refractivity contribution >= 4 is 12.1 Å². The van der Waals surface area contributed by atoms with Crippen LogP contribution in [0.2, 0.25) is 0 Å². The third-order valence-electron chi connectivity index (χ3n) is 3.28. The van der Waals surface area contributed by atoms with Crippen LogP contribution >= 0.6 is 0 Å². The Bertz CT molecular complexity index is 799. The molecule has 0 bridgehead atoms. The average Bonchev–Trinajstić information content (AvgIpc) is 2.59. The molecule has 0 radical (unpaired) electrons. The van der Waals surface area contributed by atoms with Gasteiger partial charge in [-0.3, -0.25) is 9.59 Å². The lowest BCUT2D eigenvalue weighted by Crippen LogP contribution is -2.17. The van der Waals surface area contributed by atoms with Gasteiger partial charge in [0.25, 0.3) is 0 Å². The lowest BCUT2D eigenvalue weighted by molar-refractivity contribution is -0.274. The zero-order valence-corrected chi connectivity index (χ0v) is 13.2. The molecule has 0 saturated heterocycles. The Balaban J connectivity index is 2.47. The van der Waals surface area contributed by atoms with Crippen molar-refractivity contribution in [2.45, 2.75) is 6.36 Å². The minimum absolute atomic E-state index is 0.0608. The second-order valence-electron chi connectivity index (χ2n) is 4.81. The first-order valence-electron chi connectivity index (χ1n) is 6.90. The monoisotopic (exact) mass is 354 g/mol. The average molecular weight is 354 g/mol. The first-order chi connectivity index (χ1) is 11.8. The van der Waals surface area contributed by atoms with Gasteiger partial charge in [0.1, 0.15) is 5.75 Å². The van der Waals surface area contributed by atoms with Gasteiger partial charge in [-0.15, -0.1) is 13.2 Å². The van der Waals surface area contributed by atoms with Crippen LogP contribution < -0.4 is 14.2 Å². The van der Waals surface area contributed by atoms with Gasteiger partial charge < -0.3 is 14.2 Å². The lowest BCUT2D eigenvalue weighted by atomic mass is 9.98. The Morgan fingerprint density at radius 1 is 1.00 bits per heavy atom. The van der Waals surface area contributed by atoms with E-state index in [1.54, 1.807) is 0 Å². The van der Waals surface area contributed by atoms with Gasteiger partial charge in [0.2, 0.25) is 0 Å². The Morgan fingerprint density at radius 3 is 2.24 bits per heavy atom. The van der Waals surface area contributed by atoms with E-state index in [-0.39, 0.29) is 22.4 Å². The number of hydrogen-bond donors (Lipinski definition) is 0. The molecule has 2 aromatic carbocycles. The van der Waals surface area contributed by atoms with Crippen LogP contribution in [0.15, 0.2) is 36.4 Å². The summed E-state index contributed by atoms with van der Waals surface area (Å²) < 4.78 is 51.0. The molecule has 0 saturated carbocycles. The highest BCUT2D eigenvalue weighted by Crippen LogP contribution is 2.30. The molecule has 0 N–H and O–H groups in total. The van der Waals surface area contributed by atoms with Crippen LogP contribution in [0.5, 0.6) is 17.2 Å². The standard InChI is InChI=1S/C17H13F3O5/c1-23-14-6-4-10(7-15(14)24-2)16(22)13-8-12(25-17(18,19)20)5-3-11(13)9-21/h3-9H,1-2H3. The third-order valence-corrected chi connectivity index (χ3v) is 3.28. The number of rotatable bonds is 6. The largest absolute Gasteiger partial charge is 0.573 e. The Hall–Kier alpha value is -3.03. The molecular weight excluding hydrogens is 341 g/mol. The number of ketones is 1. The molecule has 0 atom stereocenters. The molecule has 2 aromatic rings. The third kappa shape index (κ3) is 4.28. The maximum Gasteiger partial charge on any atom is 0.573 e. The van der Waals surface area contributed by atoms with E-state index >= 15 is 0 Å². The van der Waals surface area contributed by atoms with Gasteiger partial charge in [-0.1, -0.05) is 0 Å². The molecule has 0 spiro atoms. The SMILES string of the molecule is COc1ccc(C(=O)c2cc(OC(F)(F)F)ccc2C=O)cc1OC. The van der Waals surface area contributed by atoms with Gasteiger partial charge in [-0.2, -0.15) is 0 Å². The maximum atomic E-state index is 12.6. The van der Waals surface area contributed by atoms with Crippen molar-refractivity contribution in [2.75, 3.05) is 14.2 Å². The maximum absolute atomic E-state index is 12.6. The summed E-state index contributed by atoms with van der Waals surface area (Å²) in [7, 11) is 2.79.